The van der Waals surface area contributed by atoms with Crippen molar-refractivity contribution >= 4 is 40.1 Å². The molecule has 2 aromatic carbocycles. The van der Waals surface area contributed by atoms with Gasteiger partial charge in [0.1, 0.15) is 5.75 Å². The predicted molar refractivity (Wildman–Crippen MR) is 137 cm³/mol. The molecule has 184 valence electrons. The average molecular weight is 496 g/mol. The first kappa shape index (κ1) is 24.9. The van der Waals surface area contributed by atoms with Crippen LogP contribution in [0.4, 0.5) is 5.69 Å². The number of fused-ring (bicyclic) bond motifs is 2. The van der Waals surface area contributed by atoms with E-state index < -0.39 is 18.0 Å². The molecule has 0 spiro atoms. The number of nitrogens with one attached hydrogen (secondary N) is 1. The number of hydrogen-bond donors (Lipinski definition) is 1. The zero-order valence-corrected chi connectivity index (χ0v) is 21.2. The third-order valence-corrected chi connectivity index (χ3v) is 6.67. The smallest absolute Gasteiger partial charge is 0.339 e. The molecule has 1 N–H and O–H groups in total. The van der Waals surface area contributed by atoms with E-state index in [9.17, 15) is 9.59 Å². The number of rotatable bonds is 7. The number of amides is 1. The van der Waals surface area contributed by atoms with Crippen molar-refractivity contribution in [3.05, 3.63) is 63.8 Å². The number of carbonyl (C=O) groups excluding carboxylic acids is 2. The Balaban J connectivity index is 1.61. The molecule has 2 heterocycles. The summed E-state index contributed by atoms with van der Waals surface area (Å²) < 4.78 is 11.0. The minimum absolute atomic E-state index is 0.428. The van der Waals surface area contributed by atoms with E-state index in [0.29, 0.717) is 28.6 Å². The van der Waals surface area contributed by atoms with Crippen molar-refractivity contribution in [1.29, 1.82) is 0 Å². The quantitative estimate of drug-likeness (QED) is 0.456. The van der Waals surface area contributed by atoms with Gasteiger partial charge >= 0.3 is 5.97 Å². The Kier molecular flexibility index (Phi) is 7.57. The van der Waals surface area contributed by atoms with Crippen molar-refractivity contribution in [2.45, 2.75) is 46.3 Å². The van der Waals surface area contributed by atoms with Crippen molar-refractivity contribution in [3.8, 4) is 5.75 Å². The van der Waals surface area contributed by atoms with Gasteiger partial charge in [0.05, 0.1) is 23.9 Å². The lowest BCUT2D eigenvalue weighted by molar-refractivity contribution is -0.123. The molecule has 1 aromatic heterocycles. The number of ether oxygens (including phenoxy) is 2. The minimum atomic E-state index is -1.03. The van der Waals surface area contributed by atoms with Gasteiger partial charge in [-0.3, -0.25) is 14.7 Å². The Morgan fingerprint density at radius 3 is 2.77 bits per heavy atom. The maximum Gasteiger partial charge on any atom is 0.339 e. The van der Waals surface area contributed by atoms with Crippen LogP contribution in [-0.4, -0.2) is 48.1 Å². The fourth-order valence-electron chi connectivity index (χ4n) is 4.42. The van der Waals surface area contributed by atoms with Gasteiger partial charge in [-0.25, -0.2) is 4.79 Å². The maximum absolute atomic E-state index is 13.5. The fourth-order valence-corrected chi connectivity index (χ4v) is 4.58. The van der Waals surface area contributed by atoms with Gasteiger partial charge in [0.25, 0.3) is 5.91 Å². The Morgan fingerprint density at radius 1 is 1.26 bits per heavy atom. The molecule has 8 heteroatoms. The third-order valence-electron chi connectivity index (χ3n) is 6.26. The highest BCUT2D eigenvalue weighted by molar-refractivity contribution is 6.31. The van der Waals surface area contributed by atoms with Crippen LogP contribution in [0.25, 0.3) is 10.9 Å². The molecule has 1 aliphatic heterocycles. The molecule has 0 saturated carbocycles. The molecule has 1 atom stereocenters. The Morgan fingerprint density at radius 2 is 2.03 bits per heavy atom. The summed E-state index contributed by atoms with van der Waals surface area (Å²) in [6.45, 7) is 8.01. The van der Waals surface area contributed by atoms with Crippen LogP contribution in [0.5, 0.6) is 5.75 Å². The minimum Gasteiger partial charge on any atom is -0.495 e. The van der Waals surface area contributed by atoms with Crippen LogP contribution in [0, 0.1) is 6.92 Å². The summed E-state index contributed by atoms with van der Waals surface area (Å²) in [5.74, 6) is -0.559. The summed E-state index contributed by atoms with van der Waals surface area (Å²) in [5.41, 5.74) is 4.30. The molecule has 0 saturated heterocycles. The largest absolute Gasteiger partial charge is 0.495 e. The van der Waals surface area contributed by atoms with Gasteiger partial charge in [-0.1, -0.05) is 36.7 Å². The second-order valence-corrected chi connectivity index (χ2v) is 9.20. The molecule has 1 unspecified atom stereocenters. The van der Waals surface area contributed by atoms with Crippen LogP contribution in [-0.2, 0) is 22.5 Å². The summed E-state index contributed by atoms with van der Waals surface area (Å²) >= 11 is 6.17. The zero-order valence-electron chi connectivity index (χ0n) is 20.5. The SMILES string of the molecule is CCCN1CCc2nc3ccccc3c(C(=O)OC(C)C(=O)Nc3cc(C)c(Cl)cc3OC)c2C1. The summed E-state index contributed by atoms with van der Waals surface area (Å²) in [6.07, 6.45) is 0.772. The second-order valence-electron chi connectivity index (χ2n) is 8.79. The number of anilines is 1. The van der Waals surface area contributed by atoms with E-state index in [1.807, 2.05) is 31.2 Å². The molecule has 35 heavy (non-hydrogen) atoms. The van der Waals surface area contributed by atoms with Crippen molar-refractivity contribution in [3.63, 3.8) is 0 Å². The van der Waals surface area contributed by atoms with Crippen molar-refractivity contribution in [1.82, 2.24) is 9.88 Å². The van der Waals surface area contributed by atoms with Gasteiger partial charge in [0.15, 0.2) is 6.10 Å². The van der Waals surface area contributed by atoms with E-state index in [4.69, 9.17) is 26.1 Å². The second kappa shape index (κ2) is 10.6. The van der Waals surface area contributed by atoms with Gasteiger partial charge in [-0.05, 0) is 44.5 Å². The number of aryl methyl sites for hydroxylation is 1. The van der Waals surface area contributed by atoms with E-state index in [0.717, 1.165) is 53.7 Å². The Labute approximate surface area is 210 Å². The lowest BCUT2D eigenvalue weighted by Crippen LogP contribution is -2.34. The fraction of sp³-hybridized carbons (Fsp3) is 0.370. The van der Waals surface area contributed by atoms with Crippen molar-refractivity contribution in [2.75, 3.05) is 25.5 Å². The Bertz CT molecular complexity index is 1280. The highest BCUT2D eigenvalue weighted by Gasteiger charge is 2.28. The third kappa shape index (κ3) is 5.26. The lowest BCUT2D eigenvalue weighted by atomic mass is 9.95. The lowest BCUT2D eigenvalue weighted by Gasteiger charge is -2.29. The average Bonchev–Trinajstić information content (AvgIpc) is 2.84. The molecule has 0 fully saturated rings. The molecule has 1 amide bonds. The molecule has 3 aromatic rings. The van der Waals surface area contributed by atoms with Gasteiger partial charge in [0, 0.05) is 47.2 Å². The molecular formula is C27H30ClN3O4. The molecule has 1 aliphatic rings. The van der Waals surface area contributed by atoms with Crippen LogP contribution in [0.3, 0.4) is 0 Å². The Hall–Kier alpha value is -3.16. The first-order valence-corrected chi connectivity index (χ1v) is 12.2. The molecule has 0 aliphatic carbocycles. The number of aromatic nitrogens is 1. The number of nitrogens with zero attached hydrogens (tertiary/aromatic N) is 2. The van der Waals surface area contributed by atoms with Gasteiger partial charge in [-0.2, -0.15) is 0 Å². The summed E-state index contributed by atoms with van der Waals surface area (Å²) in [6, 6.07) is 10.9. The number of halogens is 1. The highest BCUT2D eigenvalue weighted by Crippen LogP contribution is 2.32. The number of methoxy groups -OCH3 is 1. The standard InChI is InChI=1S/C27H30ClN3O4/c1-5-11-31-12-10-22-19(15-31)25(18-8-6-7-9-21(18)29-22)27(33)35-17(3)26(32)30-23-13-16(2)20(28)14-24(23)34-4/h6-9,13-14,17H,5,10-12,15H2,1-4H3,(H,30,32). The summed E-state index contributed by atoms with van der Waals surface area (Å²) in [5, 5.41) is 4.06. The first-order valence-electron chi connectivity index (χ1n) is 11.8. The summed E-state index contributed by atoms with van der Waals surface area (Å²) in [4.78, 5) is 33.6. The van der Waals surface area contributed by atoms with E-state index in [-0.39, 0.29) is 0 Å². The molecule has 0 radical (unpaired) electrons. The number of benzene rings is 2. The predicted octanol–water partition coefficient (Wildman–Crippen LogP) is 5.16. The van der Waals surface area contributed by atoms with Crippen LogP contribution >= 0.6 is 11.6 Å². The normalized spacial score (nSPS) is 14.3. The van der Waals surface area contributed by atoms with Crippen LogP contribution < -0.4 is 10.1 Å². The van der Waals surface area contributed by atoms with E-state index >= 15 is 0 Å². The number of carbonyl (C=O) groups is 2. The maximum atomic E-state index is 13.5. The molecular weight excluding hydrogens is 466 g/mol. The highest BCUT2D eigenvalue weighted by atomic mass is 35.5. The van der Waals surface area contributed by atoms with Gasteiger partial charge < -0.3 is 14.8 Å². The zero-order chi connectivity index (χ0) is 25.1. The molecule has 0 bridgehead atoms. The molecule has 7 nitrogen and oxygen atoms in total. The number of pyridine rings is 1. The number of hydrogen-bond acceptors (Lipinski definition) is 6. The monoisotopic (exact) mass is 495 g/mol. The number of para-hydroxylation sites is 1. The van der Waals surface area contributed by atoms with Gasteiger partial charge in [-0.15, -0.1) is 0 Å². The van der Waals surface area contributed by atoms with Gasteiger partial charge in [0.2, 0.25) is 0 Å². The van der Waals surface area contributed by atoms with Crippen LogP contribution in [0.2, 0.25) is 5.02 Å². The number of esters is 1. The topological polar surface area (TPSA) is 80.8 Å². The summed E-state index contributed by atoms with van der Waals surface area (Å²) in [7, 11) is 1.50. The van der Waals surface area contributed by atoms with Crippen molar-refractivity contribution < 1.29 is 19.1 Å². The van der Waals surface area contributed by atoms with E-state index in [2.05, 4.69) is 17.1 Å². The van der Waals surface area contributed by atoms with E-state index in [1.54, 1.807) is 19.1 Å². The first-order chi connectivity index (χ1) is 16.8. The van der Waals surface area contributed by atoms with Crippen LogP contribution in [0.15, 0.2) is 36.4 Å². The van der Waals surface area contributed by atoms with Crippen molar-refractivity contribution in [2.24, 2.45) is 0 Å². The molecule has 4 rings (SSSR count). The van der Waals surface area contributed by atoms with Crippen LogP contribution in [0.1, 0.15) is 47.4 Å². The van der Waals surface area contributed by atoms with E-state index in [1.165, 1.54) is 7.11 Å².